The zero-order chi connectivity index (χ0) is 22.2. The molecule has 0 unspecified atom stereocenters. The van der Waals surface area contributed by atoms with Crippen LogP contribution in [0.25, 0.3) is 11.2 Å². The van der Waals surface area contributed by atoms with Gasteiger partial charge in [0.05, 0.1) is 0 Å². The molecule has 5 rings (SSSR count). The molecule has 0 radical (unpaired) electrons. The van der Waals surface area contributed by atoms with E-state index in [1.165, 1.54) is 14.7 Å². The van der Waals surface area contributed by atoms with Gasteiger partial charge in [-0.05, 0) is 49.1 Å². The van der Waals surface area contributed by atoms with Gasteiger partial charge in [-0.2, -0.15) is 4.98 Å². The van der Waals surface area contributed by atoms with Gasteiger partial charge in [-0.15, -0.1) is 0 Å². The maximum atomic E-state index is 13.4. The molecular formula is C24H24BrN5O2. The smallest absolute Gasteiger partial charge is 0.312 e. The molecule has 2 aromatic carbocycles. The lowest BCUT2D eigenvalue weighted by atomic mass is 10.1. The van der Waals surface area contributed by atoms with E-state index < -0.39 is 0 Å². The van der Waals surface area contributed by atoms with Crippen LogP contribution in [-0.2, 0) is 26.6 Å². The van der Waals surface area contributed by atoms with Crippen LogP contribution in [-0.4, -0.2) is 25.2 Å². The molecule has 0 atom stereocenters. The molecular weight excluding hydrogens is 470 g/mol. The van der Waals surface area contributed by atoms with Crippen LogP contribution in [0, 0.1) is 0 Å². The minimum atomic E-state index is -0.318. The third kappa shape index (κ3) is 3.58. The van der Waals surface area contributed by atoms with E-state index in [2.05, 4.69) is 33.0 Å². The van der Waals surface area contributed by atoms with Crippen molar-refractivity contribution in [2.45, 2.75) is 32.4 Å². The van der Waals surface area contributed by atoms with Crippen molar-refractivity contribution in [2.24, 2.45) is 7.05 Å². The summed E-state index contributed by atoms with van der Waals surface area (Å²) >= 11 is 3.48. The Kier molecular flexibility index (Phi) is 5.46. The maximum Gasteiger partial charge on any atom is 0.332 e. The van der Waals surface area contributed by atoms with Crippen LogP contribution in [0.2, 0.25) is 0 Å². The average molecular weight is 494 g/mol. The Morgan fingerprint density at radius 3 is 2.50 bits per heavy atom. The van der Waals surface area contributed by atoms with Crippen LogP contribution in [0.1, 0.15) is 18.4 Å². The number of imidazole rings is 1. The highest BCUT2D eigenvalue weighted by Gasteiger charge is 2.26. The molecule has 0 fully saturated rings. The average Bonchev–Trinajstić information content (AvgIpc) is 3.21. The summed E-state index contributed by atoms with van der Waals surface area (Å²) in [7, 11) is 1.70. The predicted molar refractivity (Wildman–Crippen MR) is 130 cm³/mol. The minimum absolute atomic E-state index is 0.257. The van der Waals surface area contributed by atoms with Crippen molar-refractivity contribution < 1.29 is 0 Å². The Morgan fingerprint density at radius 2 is 1.75 bits per heavy atom. The number of fused-ring (bicyclic) bond motifs is 3. The second-order valence-electron chi connectivity index (χ2n) is 8.10. The molecule has 3 heterocycles. The molecule has 0 spiro atoms. The standard InChI is InChI=1S/C24H24BrN5O2/c1-27-21-20(22(31)30(24(27)32)14-5-9-17-7-3-2-4-8-17)29-16-6-15-28(23(29)26-21)19-12-10-18(25)11-13-19/h2-4,7-8,10-13H,5-6,9,14-16H2,1H3. The van der Waals surface area contributed by atoms with Crippen LogP contribution in [0.15, 0.2) is 68.7 Å². The predicted octanol–water partition coefficient (Wildman–Crippen LogP) is 3.83. The molecule has 4 aromatic rings. The molecule has 0 N–H and O–H groups in total. The quantitative estimate of drug-likeness (QED) is 0.423. The summed E-state index contributed by atoms with van der Waals surface area (Å²) < 4.78 is 5.84. The van der Waals surface area contributed by atoms with Crippen molar-refractivity contribution in [3.8, 4) is 0 Å². The fourth-order valence-corrected chi connectivity index (χ4v) is 4.68. The normalized spacial score (nSPS) is 13.5. The molecule has 0 amide bonds. The highest BCUT2D eigenvalue weighted by Crippen LogP contribution is 2.31. The number of nitrogens with zero attached hydrogens (tertiary/aromatic N) is 5. The second kappa shape index (κ2) is 8.43. The fourth-order valence-electron chi connectivity index (χ4n) is 4.41. The highest BCUT2D eigenvalue weighted by atomic mass is 79.9. The van der Waals surface area contributed by atoms with E-state index in [1.54, 1.807) is 7.05 Å². The second-order valence-corrected chi connectivity index (χ2v) is 9.02. The van der Waals surface area contributed by atoms with E-state index in [0.717, 1.165) is 36.0 Å². The van der Waals surface area contributed by atoms with Gasteiger partial charge >= 0.3 is 5.69 Å². The lowest BCUT2D eigenvalue weighted by molar-refractivity contribution is 0.565. The van der Waals surface area contributed by atoms with Crippen LogP contribution >= 0.6 is 15.9 Å². The number of anilines is 2. The molecule has 8 heteroatoms. The molecule has 164 valence electrons. The summed E-state index contributed by atoms with van der Waals surface area (Å²) in [6, 6.07) is 18.2. The summed E-state index contributed by atoms with van der Waals surface area (Å²) in [5, 5.41) is 0. The van der Waals surface area contributed by atoms with Gasteiger partial charge in [0.2, 0.25) is 5.95 Å². The van der Waals surface area contributed by atoms with Crippen molar-refractivity contribution in [2.75, 3.05) is 11.4 Å². The van der Waals surface area contributed by atoms with E-state index in [-0.39, 0.29) is 11.2 Å². The van der Waals surface area contributed by atoms with Gasteiger partial charge in [-0.3, -0.25) is 13.9 Å². The minimum Gasteiger partial charge on any atom is -0.312 e. The zero-order valence-corrected chi connectivity index (χ0v) is 19.5. The lowest BCUT2D eigenvalue weighted by Gasteiger charge is -2.29. The molecule has 32 heavy (non-hydrogen) atoms. The van der Waals surface area contributed by atoms with Gasteiger partial charge in [-0.1, -0.05) is 46.3 Å². The maximum absolute atomic E-state index is 13.4. The molecule has 7 nitrogen and oxygen atoms in total. The number of benzene rings is 2. The first-order chi connectivity index (χ1) is 15.5. The Balaban J connectivity index is 1.55. The summed E-state index contributed by atoms with van der Waals surface area (Å²) in [5.74, 6) is 0.711. The van der Waals surface area contributed by atoms with E-state index in [0.29, 0.717) is 30.2 Å². The van der Waals surface area contributed by atoms with Crippen molar-refractivity contribution in [3.05, 3.63) is 85.5 Å². The van der Waals surface area contributed by atoms with E-state index in [9.17, 15) is 9.59 Å². The van der Waals surface area contributed by atoms with Gasteiger partial charge in [0.25, 0.3) is 5.56 Å². The number of hydrogen-bond acceptors (Lipinski definition) is 4. The van der Waals surface area contributed by atoms with Gasteiger partial charge in [0.15, 0.2) is 11.2 Å². The number of aryl methyl sites for hydroxylation is 3. The number of aromatic nitrogens is 4. The topological polar surface area (TPSA) is 65.1 Å². The molecule has 0 saturated carbocycles. The summed E-state index contributed by atoms with van der Waals surface area (Å²) in [6.07, 6.45) is 2.43. The first-order valence-electron chi connectivity index (χ1n) is 10.8. The zero-order valence-electron chi connectivity index (χ0n) is 17.9. The van der Waals surface area contributed by atoms with Crippen LogP contribution in [0.5, 0.6) is 0 Å². The third-order valence-corrected chi connectivity index (χ3v) is 6.57. The lowest BCUT2D eigenvalue weighted by Crippen LogP contribution is -2.40. The monoisotopic (exact) mass is 493 g/mol. The SMILES string of the molecule is Cn1c(=O)n(CCCc2ccccc2)c(=O)c2c1nc1n2CCCN1c1ccc(Br)cc1. The largest absolute Gasteiger partial charge is 0.332 e. The molecule has 0 aliphatic carbocycles. The molecule has 1 aliphatic heterocycles. The van der Waals surface area contributed by atoms with E-state index >= 15 is 0 Å². The van der Waals surface area contributed by atoms with Crippen molar-refractivity contribution in [1.29, 1.82) is 0 Å². The van der Waals surface area contributed by atoms with Gasteiger partial charge in [-0.25, -0.2) is 4.79 Å². The molecule has 1 aliphatic rings. The van der Waals surface area contributed by atoms with E-state index in [1.807, 2.05) is 47.0 Å². The first kappa shape index (κ1) is 20.8. The van der Waals surface area contributed by atoms with Gasteiger partial charge in [0, 0.05) is 36.8 Å². The third-order valence-electron chi connectivity index (χ3n) is 6.05. The summed E-state index contributed by atoms with van der Waals surface area (Å²) in [6.45, 7) is 1.90. The Morgan fingerprint density at radius 1 is 1.00 bits per heavy atom. The van der Waals surface area contributed by atoms with Crippen LogP contribution < -0.4 is 16.1 Å². The van der Waals surface area contributed by atoms with Gasteiger partial charge in [0.1, 0.15) is 0 Å². The Labute approximate surface area is 193 Å². The molecule has 0 bridgehead atoms. The number of halogens is 1. The highest BCUT2D eigenvalue weighted by molar-refractivity contribution is 9.10. The summed E-state index contributed by atoms with van der Waals surface area (Å²) in [4.78, 5) is 33.3. The molecule has 2 aromatic heterocycles. The van der Waals surface area contributed by atoms with Crippen LogP contribution in [0.4, 0.5) is 11.6 Å². The Hall–Kier alpha value is -3.13. The van der Waals surface area contributed by atoms with Gasteiger partial charge < -0.3 is 9.47 Å². The summed E-state index contributed by atoms with van der Waals surface area (Å²) in [5.41, 5.74) is 2.58. The van der Waals surface area contributed by atoms with Crippen molar-refractivity contribution in [3.63, 3.8) is 0 Å². The fraction of sp³-hybridized carbons (Fsp3) is 0.292. The molecule has 0 saturated heterocycles. The Bertz CT molecular complexity index is 1390. The first-order valence-corrected chi connectivity index (χ1v) is 11.6. The number of rotatable bonds is 5. The number of hydrogen-bond donors (Lipinski definition) is 0. The van der Waals surface area contributed by atoms with E-state index in [4.69, 9.17) is 4.98 Å². The van der Waals surface area contributed by atoms with Crippen molar-refractivity contribution in [1.82, 2.24) is 18.7 Å². The van der Waals surface area contributed by atoms with Crippen LogP contribution in [0.3, 0.4) is 0 Å². The van der Waals surface area contributed by atoms with Crippen molar-refractivity contribution >= 4 is 38.7 Å².